The molecule has 1 fully saturated rings. The molecule has 2 rings (SSSR count). The molecule has 1 aromatic rings. The fraction of sp³-hybridized carbons (Fsp3) is 0.562. The highest BCUT2D eigenvalue weighted by atomic mass is 16.5. The van der Waals surface area contributed by atoms with Crippen molar-refractivity contribution in [3.63, 3.8) is 0 Å². The van der Waals surface area contributed by atoms with Gasteiger partial charge >= 0.3 is 0 Å². The van der Waals surface area contributed by atoms with Crippen molar-refractivity contribution in [1.82, 2.24) is 4.90 Å². The van der Waals surface area contributed by atoms with Crippen molar-refractivity contribution >= 4 is 11.6 Å². The van der Waals surface area contributed by atoms with E-state index in [0.29, 0.717) is 12.5 Å². The number of rotatable bonds is 5. The molecule has 0 unspecified atom stereocenters. The highest BCUT2D eigenvalue weighted by Gasteiger charge is 2.13. The summed E-state index contributed by atoms with van der Waals surface area (Å²) < 4.78 is 5.37. The Balaban J connectivity index is 1.87. The summed E-state index contributed by atoms with van der Waals surface area (Å²) in [5.41, 5.74) is 2.28. The second-order valence-electron chi connectivity index (χ2n) is 5.51. The second-order valence-corrected chi connectivity index (χ2v) is 5.51. The molecular weight excluding hydrogens is 252 g/mol. The van der Waals surface area contributed by atoms with E-state index in [1.807, 2.05) is 13.1 Å². The van der Waals surface area contributed by atoms with Gasteiger partial charge in [-0.25, -0.2) is 0 Å². The SMILES string of the molecule is CC(=O)N(C)Cc1cccc(NCC2CCOCC2)c1. The fourth-order valence-electron chi connectivity index (χ4n) is 2.38. The molecule has 1 aromatic carbocycles. The maximum atomic E-state index is 11.3. The standard InChI is InChI=1S/C16H24N2O2/c1-13(19)18(2)12-15-4-3-5-16(10-15)17-11-14-6-8-20-9-7-14/h3-5,10,14,17H,6-9,11-12H2,1-2H3. The largest absolute Gasteiger partial charge is 0.385 e. The zero-order valence-corrected chi connectivity index (χ0v) is 12.4. The van der Waals surface area contributed by atoms with Gasteiger partial charge in [-0.2, -0.15) is 0 Å². The van der Waals surface area contributed by atoms with Crippen LogP contribution in [-0.4, -0.2) is 37.6 Å². The third-order valence-electron chi connectivity index (χ3n) is 3.82. The van der Waals surface area contributed by atoms with Gasteiger partial charge in [-0.05, 0) is 36.5 Å². The Bertz CT molecular complexity index is 442. The number of benzene rings is 1. The molecule has 110 valence electrons. The Labute approximate surface area is 121 Å². The zero-order chi connectivity index (χ0) is 14.4. The summed E-state index contributed by atoms with van der Waals surface area (Å²) in [5, 5.41) is 3.50. The minimum absolute atomic E-state index is 0.0885. The lowest BCUT2D eigenvalue weighted by molar-refractivity contribution is -0.128. The highest BCUT2D eigenvalue weighted by molar-refractivity contribution is 5.72. The van der Waals surface area contributed by atoms with E-state index in [-0.39, 0.29) is 5.91 Å². The van der Waals surface area contributed by atoms with E-state index in [4.69, 9.17) is 4.74 Å². The summed E-state index contributed by atoms with van der Waals surface area (Å²) in [6.45, 7) is 5.01. The van der Waals surface area contributed by atoms with Crippen LogP contribution in [0.3, 0.4) is 0 Å². The van der Waals surface area contributed by atoms with Gasteiger partial charge in [0, 0.05) is 46.0 Å². The first-order valence-corrected chi connectivity index (χ1v) is 7.27. The van der Waals surface area contributed by atoms with E-state index in [0.717, 1.165) is 43.9 Å². The Morgan fingerprint density at radius 1 is 1.40 bits per heavy atom. The average Bonchev–Trinajstić information content (AvgIpc) is 2.46. The van der Waals surface area contributed by atoms with E-state index in [1.54, 1.807) is 11.8 Å². The number of ether oxygens (including phenoxy) is 1. The van der Waals surface area contributed by atoms with E-state index >= 15 is 0 Å². The number of carbonyl (C=O) groups is 1. The summed E-state index contributed by atoms with van der Waals surface area (Å²) in [5.74, 6) is 0.790. The maximum Gasteiger partial charge on any atom is 0.219 e. The van der Waals surface area contributed by atoms with Crippen LogP contribution in [0.25, 0.3) is 0 Å². The van der Waals surface area contributed by atoms with Crippen molar-refractivity contribution in [3.05, 3.63) is 29.8 Å². The number of carbonyl (C=O) groups excluding carboxylic acids is 1. The number of nitrogens with one attached hydrogen (secondary N) is 1. The van der Waals surface area contributed by atoms with E-state index in [9.17, 15) is 4.79 Å². The second kappa shape index (κ2) is 7.29. The summed E-state index contributed by atoms with van der Waals surface area (Å²) in [4.78, 5) is 13.0. The molecule has 0 bridgehead atoms. The van der Waals surface area contributed by atoms with Crippen LogP contribution in [0.4, 0.5) is 5.69 Å². The minimum atomic E-state index is 0.0885. The van der Waals surface area contributed by atoms with Crippen LogP contribution >= 0.6 is 0 Å². The van der Waals surface area contributed by atoms with Crippen molar-refractivity contribution < 1.29 is 9.53 Å². The highest BCUT2D eigenvalue weighted by Crippen LogP contribution is 2.17. The van der Waals surface area contributed by atoms with E-state index in [1.165, 1.54) is 0 Å². The first kappa shape index (κ1) is 14.9. The molecule has 0 spiro atoms. The Hall–Kier alpha value is -1.55. The molecule has 4 nitrogen and oxygen atoms in total. The average molecular weight is 276 g/mol. The smallest absolute Gasteiger partial charge is 0.219 e. The van der Waals surface area contributed by atoms with Gasteiger partial charge in [-0.15, -0.1) is 0 Å². The summed E-state index contributed by atoms with van der Waals surface area (Å²) in [6.07, 6.45) is 2.28. The quantitative estimate of drug-likeness (QED) is 0.898. The first-order valence-electron chi connectivity index (χ1n) is 7.27. The summed E-state index contributed by atoms with van der Waals surface area (Å²) in [7, 11) is 1.82. The third-order valence-corrected chi connectivity index (χ3v) is 3.82. The van der Waals surface area contributed by atoms with Crippen LogP contribution in [0.2, 0.25) is 0 Å². The number of nitrogens with zero attached hydrogens (tertiary/aromatic N) is 1. The predicted molar refractivity (Wildman–Crippen MR) is 80.6 cm³/mol. The van der Waals surface area contributed by atoms with Crippen molar-refractivity contribution in [3.8, 4) is 0 Å². The summed E-state index contributed by atoms with van der Waals surface area (Å²) in [6, 6.07) is 8.30. The first-order chi connectivity index (χ1) is 9.65. The van der Waals surface area contributed by atoms with Crippen LogP contribution in [-0.2, 0) is 16.1 Å². The van der Waals surface area contributed by atoms with Gasteiger partial charge < -0.3 is 15.0 Å². The molecule has 20 heavy (non-hydrogen) atoms. The molecule has 1 saturated heterocycles. The Morgan fingerprint density at radius 2 is 2.15 bits per heavy atom. The molecule has 0 saturated carbocycles. The normalized spacial score (nSPS) is 15.9. The molecule has 1 heterocycles. The lowest BCUT2D eigenvalue weighted by Crippen LogP contribution is -2.23. The van der Waals surface area contributed by atoms with Gasteiger partial charge in [0.1, 0.15) is 0 Å². The van der Waals surface area contributed by atoms with E-state index in [2.05, 4.69) is 23.5 Å². The third kappa shape index (κ3) is 4.53. The Morgan fingerprint density at radius 3 is 2.85 bits per heavy atom. The molecule has 1 aliphatic heterocycles. The molecule has 0 aromatic heterocycles. The molecule has 1 amide bonds. The van der Waals surface area contributed by atoms with Crippen LogP contribution in [0.5, 0.6) is 0 Å². The van der Waals surface area contributed by atoms with Gasteiger partial charge in [-0.1, -0.05) is 12.1 Å². The van der Waals surface area contributed by atoms with Crippen LogP contribution in [0.15, 0.2) is 24.3 Å². The van der Waals surface area contributed by atoms with Gasteiger partial charge in [-0.3, -0.25) is 4.79 Å². The van der Waals surface area contributed by atoms with E-state index < -0.39 is 0 Å². The number of amides is 1. The maximum absolute atomic E-state index is 11.3. The lowest BCUT2D eigenvalue weighted by atomic mass is 10.0. The van der Waals surface area contributed by atoms with Crippen LogP contribution < -0.4 is 5.32 Å². The monoisotopic (exact) mass is 276 g/mol. The molecule has 1 aliphatic rings. The number of hydrogen-bond donors (Lipinski definition) is 1. The predicted octanol–water partition coefficient (Wildman–Crippen LogP) is 2.50. The minimum Gasteiger partial charge on any atom is -0.385 e. The van der Waals surface area contributed by atoms with Gasteiger partial charge in [0.05, 0.1) is 0 Å². The van der Waals surface area contributed by atoms with Crippen molar-refractivity contribution in [2.24, 2.45) is 5.92 Å². The van der Waals surface area contributed by atoms with Crippen LogP contribution in [0.1, 0.15) is 25.3 Å². The molecule has 0 radical (unpaired) electrons. The van der Waals surface area contributed by atoms with Gasteiger partial charge in [0.2, 0.25) is 5.91 Å². The van der Waals surface area contributed by atoms with Crippen molar-refractivity contribution in [2.45, 2.75) is 26.3 Å². The topological polar surface area (TPSA) is 41.6 Å². The molecule has 4 heteroatoms. The van der Waals surface area contributed by atoms with Gasteiger partial charge in [0.15, 0.2) is 0 Å². The zero-order valence-electron chi connectivity index (χ0n) is 12.4. The molecule has 0 atom stereocenters. The number of hydrogen-bond acceptors (Lipinski definition) is 3. The summed E-state index contributed by atoms with van der Waals surface area (Å²) >= 11 is 0. The van der Waals surface area contributed by atoms with Gasteiger partial charge in [0.25, 0.3) is 0 Å². The molecular formula is C16H24N2O2. The number of anilines is 1. The van der Waals surface area contributed by atoms with Crippen molar-refractivity contribution in [2.75, 3.05) is 32.1 Å². The Kier molecular flexibility index (Phi) is 5.41. The fourth-order valence-corrected chi connectivity index (χ4v) is 2.38. The van der Waals surface area contributed by atoms with Crippen LogP contribution in [0, 0.1) is 5.92 Å². The van der Waals surface area contributed by atoms with Crippen molar-refractivity contribution in [1.29, 1.82) is 0 Å². The molecule has 0 aliphatic carbocycles. The molecule has 1 N–H and O–H groups in total. The lowest BCUT2D eigenvalue weighted by Gasteiger charge is -2.23.